The standard InChI is InChI=1S/C23H21F7N6O2S/c1-12-19(21(39-35-12)34-18-10-31-17(9-32-18)23(28,29)30)20(37)33-13-2-3-15(24)16(8-13)38-14-4-6-36(11-14)7-5-22(25,26)27/h2-3,8-10,14H,4-7,11H2,1H3,(H,32,34)(H,33,37)/t14-/m1/s1. The van der Waals surface area contributed by atoms with E-state index in [1.54, 1.807) is 11.8 Å². The Hall–Kier alpha value is -3.53. The summed E-state index contributed by atoms with van der Waals surface area (Å²) in [6.07, 6.45) is -8.56. The lowest BCUT2D eigenvalue weighted by molar-refractivity contribution is -0.141. The van der Waals surface area contributed by atoms with Crippen molar-refractivity contribution < 1.29 is 40.3 Å². The molecule has 1 atom stereocenters. The fourth-order valence-electron chi connectivity index (χ4n) is 3.80. The molecule has 39 heavy (non-hydrogen) atoms. The number of aromatic nitrogens is 3. The van der Waals surface area contributed by atoms with Gasteiger partial charge in [-0.2, -0.15) is 30.7 Å². The minimum Gasteiger partial charge on any atom is -0.486 e. The fourth-order valence-corrected chi connectivity index (χ4v) is 4.61. The van der Waals surface area contributed by atoms with E-state index >= 15 is 0 Å². The Labute approximate surface area is 221 Å². The van der Waals surface area contributed by atoms with Gasteiger partial charge in [-0.05, 0) is 37.0 Å². The third-order valence-corrected chi connectivity index (χ3v) is 6.55. The molecule has 0 unspecified atom stereocenters. The van der Waals surface area contributed by atoms with Crippen molar-refractivity contribution in [3.05, 3.63) is 53.4 Å². The van der Waals surface area contributed by atoms with Crippen molar-refractivity contribution in [1.29, 1.82) is 0 Å². The second-order valence-electron chi connectivity index (χ2n) is 8.68. The molecule has 2 aromatic heterocycles. The summed E-state index contributed by atoms with van der Waals surface area (Å²) in [7, 11) is 0. The zero-order valence-corrected chi connectivity index (χ0v) is 21.0. The highest BCUT2D eigenvalue weighted by Crippen LogP contribution is 2.31. The number of alkyl halides is 6. The molecule has 0 radical (unpaired) electrons. The molecule has 1 aliphatic rings. The summed E-state index contributed by atoms with van der Waals surface area (Å²) in [6, 6.07) is 3.64. The second-order valence-corrected chi connectivity index (χ2v) is 9.45. The van der Waals surface area contributed by atoms with E-state index in [4.69, 9.17) is 4.74 Å². The summed E-state index contributed by atoms with van der Waals surface area (Å²) in [5, 5.41) is 5.52. The number of likely N-dealkylation sites (tertiary alicyclic amines) is 1. The van der Waals surface area contributed by atoms with Crippen LogP contribution >= 0.6 is 11.5 Å². The number of hydrogen-bond donors (Lipinski definition) is 2. The van der Waals surface area contributed by atoms with Gasteiger partial charge in [0.1, 0.15) is 16.9 Å². The van der Waals surface area contributed by atoms with Crippen LogP contribution in [0.4, 0.5) is 47.2 Å². The third kappa shape index (κ3) is 7.53. The molecule has 8 nitrogen and oxygen atoms in total. The highest BCUT2D eigenvalue weighted by molar-refractivity contribution is 7.10. The largest absolute Gasteiger partial charge is 0.486 e. The zero-order chi connectivity index (χ0) is 28.4. The maximum absolute atomic E-state index is 14.4. The summed E-state index contributed by atoms with van der Waals surface area (Å²) in [5.41, 5.74) is -0.588. The van der Waals surface area contributed by atoms with Gasteiger partial charge in [0.25, 0.3) is 5.91 Å². The average molecular weight is 579 g/mol. The third-order valence-electron chi connectivity index (χ3n) is 5.70. The van der Waals surface area contributed by atoms with Crippen molar-refractivity contribution in [2.45, 2.75) is 38.2 Å². The summed E-state index contributed by atoms with van der Waals surface area (Å²) >= 11 is 0.880. The molecule has 3 heterocycles. The fraction of sp³-hybridized carbons (Fsp3) is 0.391. The van der Waals surface area contributed by atoms with Crippen LogP contribution in [0.25, 0.3) is 0 Å². The van der Waals surface area contributed by atoms with Gasteiger partial charge in [-0.25, -0.2) is 14.4 Å². The molecule has 0 bridgehead atoms. The van der Waals surface area contributed by atoms with E-state index in [2.05, 4.69) is 25.0 Å². The molecule has 1 aliphatic heterocycles. The number of nitrogens with one attached hydrogen (secondary N) is 2. The van der Waals surface area contributed by atoms with Crippen LogP contribution in [0.3, 0.4) is 0 Å². The molecule has 1 amide bonds. The Balaban J connectivity index is 1.41. The predicted molar refractivity (Wildman–Crippen MR) is 128 cm³/mol. The van der Waals surface area contributed by atoms with E-state index < -0.39 is 42.3 Å². The topological polar surface area (TPSA) is 92.3 Å². The molecular formula is C23H21F7N6O2S. The van der Waals surface area contributed by atoms with E-state index in [0.717, 1.165) is 23.8 Å². The normalized spacial score (nSPS) is 16.4. The number of carbonyl (C=O) groups excluding carboxylic acids is 1. The van der Waals surface area contributed by atoms with Crippen LogP contribution in [0, 0.1) is 12.7 Å². The van der Waals surface area contributed by atoms with Crippen molar-refractivity contribution in [2.24, 2.45) is 0 Å². The first-order valence-corrected chi connectivity index (χ1v) is 12.2. The van der Waals surface area contributed by atoms with E-state index in [-0.39, 0.29) is 40.9 Å². The number of benzene rings is 1. The van der Waals surface area contributed by atoms with Crippen molar-refractivity contribution in [3.63, 3.8) is 0 Å². The van der Waals surface area contributed by atoms with Gasteiger partial charge in [-0.1, -0.05) is 0 Å². The van der Waals surface area contributed by atoms with Gasteiger partial charge in [0.2, 0.25) is 0 Å². The van der Waals surface area contributed by atoms with Gasteiger partial charge in [0, 0.05) is 31.4 Å². The average Bonchev–Trinajstić information content (AvgIpc) is 3.45. The number of hydrogen-bond acceptors (Lipinski definition) is 8. The number of anilines is 3. The predicted octanol–water partition coefficient (Wildman–Crippen LogP) is 5.80. The first-order chi connectivity index (χ1) is 18.3. The lowest BCUT2D eigenvalue weighted by atomic mass is 10.2. The van der Waals surface area contributed by atoms with Crippen molar-refractivity contribution in [1.82, 2.24) is 19.2 Å². The highest BCUT2D eigenvalue weighted by atomic mass is 32.1. The molecule has 0 aliphatic carbocycles. The van der Waals surface area contributed by atoms with Crippen molar-refractivity contribution in [3.8, 4) is 5.75 Å². The summed E-state index contributed by atoms with van der Waals surface area (Å²) in [4.78, 5) is 21.6. The highest BCUT2D eigenvalue weighted by Gasteiger charge is 2.33. The van der Waals surface area contributed by atoms with Crippen LogP contribution < -0.4 is 15.4 Å². The monoisotopic (exact) mass is 578 g/mol. The molecule has 1 aromatic carbocycles. The minimum absolute atomic E-state index is 0.0426. The van der Waals surface area contributed by atoms with E-state index in [1.165, 1.54) is 12.1 Å². The Morgan fingerprint density at radius 1 is 1.18 bits per heavy atom. The number of carbonyl (C=O) groups is 1. The first kappa shape index (κ1) is 28.5. The molecule has 2 N–H and O–H groups in total. The summed E-state index contributed by atoms with van der Waals surface area (Å²) in [6.45, 7) is 1.96. The van der Waals surface area contributed by atoms with Crippen molar-refractivity contribution in [2.75, 3.05) is 30.3 Å². The molecule has 1 fully saturated rings. The van der Waals surface area contributed by atoms with Crippen LogP contribution in [0.1, 0.15) is 34.6 Å². The lowest BCUT2D eigenvalue weighted by Gasteiger charge is -2.18. The van der Waals surface area contributed by atoms with Gasteiger partial charge in [-0.15, -0.1) is 0 Å². The van der Waals surface area contributed by atoms with Crippen LogP contribution in [-0.4, -0.2) is 57.1 Å². The van der Waals surface area contributed by atoms with Gasteiger partial charge in [0.15, 0.2) is 17.3 Å². The van der Waals surface area contributed by atoms with Crippen LogP contribution in [-0.2, 0) is 6.18 Å². The molecular weight excluding hydrogens is 557 g/mol. The first-order valence-electron chi connectivity index (χ1n) is 11.5. The molecule has 16 heteroatoms. The smallest absolute Gasteiger partial charge is 0.434 e. The molecule has 0 saturated carbocycles. The number of ether oxygens (including phenoxy) is 1. The van der Waals surface area contributed by atoms with Crippen LogP contribution in [0.2, 0.25) is 0 Å². The summed E-state index contributed by atoms with van der Waals surface area (Å²) < 4.78 is 99.8. The zero-order valence-electron chi connectivity index (χ0n) is 20.2. The number of amides is 1. The number of nitrogens with zero attached hydrogens (tertiary/aromatic N) is 4. The van der Waals surface area contributed by atoms with Crippen molar-refractivity contribution >= 4 is 33.9 Å². The van der Waals surface area contributed by atoms with Crippen LogP contribution in [0.5, 0.6) is 5.75 Å². The Morgan fingerprint density at radius 2 is 1.95 bits per heavy atom. The van der Waals surface area contributed by atoms with E-state index in [1.807, 2.05) is 0 Å². The Morgan fingerprint density at radius 3 is 2.62 bits per heavy atom. The Bertz CT molecular complexity index is 1310. The number of aryl methyl sites for hydroxylation is 1. The van der Waals surface area contributed by atoms with E-state index in [0.29, 0.717) is 24.9 Å². The van der Waals surface area contributed by atoms with Crippen LogP contribution in [0.15, 0.2) is 30.6 Å². The molecule has 1 saturated heterocycles. The van der Waals surface area contributed by atoms with Gasteiger partial charge >= 0.3 is 12.4 Å². The number of rotatable bonds is 8. The van der Waals surface area contributed by atoms with Gasteiger partial charge in [0.05, 0.1) is 30.1 Å². The number of halogens is 7. The van der Waals surface area contributed by atoms with E-state index in [9.17, 15) is 35.5 Å². The SMILES string of the molecule is Cc1nsc(Nc2cnc(C(F)(F)F)cn2)c1C(=O)Nc1ccc(F)c(O[C@@H]2CCN(CCC(F)(F)F)C2)c1. The van der Waals surface area contributed by atoms with Gasteiger partial charge in [-0.3, -0.25) is 9.69 Å². The quantitative estimate of drug-likeness (QED) is 0.327. The summed E-state index contributed by atoms with van der Waals surface area (Å²) in [5.74, 6) is -1.56. The second kappa shape index (κ2) is 11.3. The maximum Gasteiger partial charge on any atom is 0.434 e. The van der Waals surface area contributed by atoms with Gasteiger partial charge < -0.3 is 15.4 Å². The lowest BCUT2D eigenvalue weighted by Crippen LogP contribution is -2.28. The molecule has 0 spiro atoms. The maximum atomic E-state index is 14.4. The Kier molecular flexibility index (Phi) is 8.25. The molecule has 3 aromatic rings. The molecule has 210 valence electrons. The molecule has 4 rings (SSSR count). The minimum atomic E-state index is -4.65.